The maximum atomic E-state index is 7.90. The Labute approximate surface area is 363 Å². The molecule has 0 spiro atoms. The molecule has 2 aliphatic heterocycles. The van der Waals surface area contributed by atoms with E-state index in [9.17, 15) is 0 Å². The number of anilines is 1. The molecule has 4 aliphatic rings. The summed E-state index contributed by atoms with van der Waals surface area (Å²) in [6.45, 7) is 15.6. The van der Waals surface area contributed by atoms with Crippen LogP contribution in [0.3, 0.4) is 0 Å². The van der Waals surface area contributed by atoms with Gasteiger partial charge in [-0.25, -0.2) is 4.85 Å². The minimum Gasteiger partial charge on any atom is -0.472 e. The van der Waals surface area contributed by atoms with Gasteiger partial charge in [0.2, 0.25) is 0 Å². The molecule has 1 saturated heterocycles. The van der Waals surface area contributed by atoms with Crippen molar-refractivity contribution in [1.29, 1.82) is 0 Å². The van der Waals surface area contributed by atoms with Crippen LogP contribution in [0.4, 0.5) is 11.4 Å². The van der Waals surface area contributed by atoms with Crippen molar-refractivity contribution in [2.75, 3.05) is 31.2 Å². The lowest BCUT2D eigenvalue weighted by Gasteiger charge is -2.40. The largest absolute Gasteiger partial charge is 0.472 e. The second-order valence-corrected chi connectivity index (χ2v) is 17.6. The Balaban J connectivity index is 1.12. The Morgan fingerprint density at radius 2 is 1.19 bits per heavy atom. The van der Waals surface area contributed by atoms with Gasteiger partial charge in [-0.05, 0) is 85.3 Å². The van der Waals surface area contributed by atoms with Crippen LogP contribution in [-0.4, -0.2) is 26.3 Å². The van der Waals surface area contributed by atoms with Crippen molar-refractivity contribution >= 4 is 28.2 Å². The number of benzene rings is 8. The van der Waals surface area contributed by atoms with Gasteiger partial charge >= 0.3 is 0 Å². The molecule has 2 aliphatic carbocycles. The van der Waals surface area contributed by atoms with E-state index in [1.165, 1.54) is 61.3 Å². The molecule has 12 rings (SSSR count). The van der Waals surface area contributed by atoms with Crippen molar-refractivity contribution < 1.29 is 9.47 Å². The standard InChI is InChI=1S/C58H44N2O2/c1-56(2)51-37-42(59-3)25-29-48(51)53-46-19-10-11-20-47(46)55-49(54(53)56)30-31-57(62-55,38-22-26-43(27-23-38)60-32-34-61-35-33-60)41-24-28-45-44-18-12-13-21-50(44)58(52(45)36-41,39-14-6-4-7-15-39)40-16-8-5-9-17-40/h4-31,36-37H,32-35H2,1-2H3. The fraction of sp³-hybridized carbons (Fsp3) is 0.155. The SMILES string of the molecule is [C-]#[N+]c1ccc2c(c1)C(C)(C)c1c3c(c4ccccc4c1-2)OC(c1ccc(N2CCOCC2)cc1)(c1ccc2c(c1)C(c1ccccc1)(c1ccccc1)c1ccccc1-2)C=C3. The third-order valence-electron chi connectivity index (χ3n) is 14.2. The van der Waals surface area contributed by atoms with Gasteiger partial charge in [-0.15, -0.1) is 0 Å². The molecule has 4 heteroatoms. The molecule has 0 radical (unpaired) electrons. The van der Waals surface area contributed by atoms with Crippen molar-refractivity contribution in [1.82, 2.24) is 0 Å². The molecular formula is C58H44N2O2. The van der Waals surface area contributed by atoms with Crippen molar-refractivity contribution in [3.8, 4) is 28.0 Å². The Hall–Kier alpha value is -7.19. The van der Waals surface area contributed by atoms with Gasteiger partial charge < -0.3 is 14.4 Å². The molecule has 62 heavy (non-hydrogen) atoms. The summed E-state index contributed by atoms with van der Waals surface area (Å²) >= 11 is 0. The average Bonchev–Trinajstić information content (AvgIpc) is 3.77. The van der Waals surface area contributed by atoms with Crippen LogP contribution in [0, 0.1) is 6.57 Å². The minimum absolute atomic E-state index is 0.364. The van der Waals surface area contributed by atoms with E-state index in [0.29, 0.717) is 5.69 Å². The van der Waals surface area contributed by atoms with Crippen LogP contribution >= 0.6 is 0 Å². The summed E-state index contributed by atoms with van der Waals surface area (Å²) in [5, 5.41) is 2.24. The summed E-state index contributed by atoms with van der Waals surface area (Å²) in [6.07, 6.45) is 4.65. The highest BCUT2D eigenvalue weighted by Gasteiger charge is 2.49. The van der Waals surface area contributed by atoms with Crippen LogP contribution in [0.5, 0.6) is 5.75 Å². The smallest absolute Gasteiger partial charge is 0.187 e. The zero-order chi connectivity index (χ0) is 41.6. The second kappa shape index (κ2) is 13.7. The van der Waals surface area contributed by atoms with Crippen LogP contribution in [0.1, 0.15) is 63.9 Å². The number of morpholine rings is 1. The molecule has 2 heterocycles. The molecule has 1 fully saturated rings. The lowest BCUT2D eigenvalue weighted by Crippen LogP contribution is -2.37. The maximum Gasteiger partial charge on any atom is 0.187 e. The Kier molecular flexibility index (Phi) is 8.07. The number of ether oxygens (including phenoxy) is 2. The van der Waals surface area contributed by atoms with Crippen LogP contribution < -0.4 is 9.64 Å². The minimum atomic E-state index is -0.983. The lowest BCUT2D eigenvalue weighted by molar-refractivity contribution is 0.122. The zero-order valence-corrected chi connectivity index (χ0v) is 34.9. The average molecular weight is 801 g/mol. The first-order valence-corrected chi connectivity index (χ1v) is 21.7. The third kappa shape index (κ3) is 5.03. The van der Waals surface area contributed by atoms with Gasteiger partial charge in [-0.1, -0.05) is 172 Å². The molecule has 8 aromatic carbocycles. The Bertz CT molecular complexity index is 3130. The number of rotatable bonds is 5. The molecule has 0 amide bonds. The van der Waals surface area contributed by atoms with Crippen LogP contribution in [-0.2, 0) is 21.2 Å². The van der Waals surface area contributed by atoms with Crippen LogP contribution in [0.2, 0.25) is 0 Å². The Morgan fingerprint density at radius 3 is 1.92 bits per heavy atom. The molecule has 1 unspecified atom stereocenters. The molecule has 298 valence electrons. The monoisotopic (exact) mass is 800 g/mol. The lowest BCUT2D eigenvalue weighted by atomic mass is 9.67. The van der Waals surface area contributed by atoms with Crippen LogP contribution in [0.15, 0.2) is 176 Å². The number of hydrogen-bond donors (Lipinski definition) is 0. The molecule has 0 saturated carbocycles. The van der Waals surface area contributed by atoms with E-state index in [1.807, 2.05) is 6.07 Å². The number of hydrogen-bond acceptors (Lipinski definition) is 3. The van der Waals surface area contributed by atoms with Crippen molar-refractivity contribution in [2.24, 2.45) is 0 Å². The highest BCUT2D eigenvalue weighted by atomic mass is 16.5. The summed E-state index contributed by atoms with van der Waals surface area (Å²) < 4.78 is 13.6. The fourth-order valence-corrected chi connectivity index (χ4v) is 11.4. The van der Waals surface area contributed by atoms with E-state index >= 15 is 0 Å². The maximum absolute atomic E-state index is 7.90. The van der Waals surface area contributed by atoms with Crippen molar-refractivity contribution in [3.63, 3.8) is 0 Å². The normalized spacial score (nSPS) is 18.5. The first kappa shape index (κ1) is 36.6. The molecule has 0 N–H and O–H groups in total. The summed E-state index contributed by atoms with van der Waals surface area (Å²) in [4.78, 5) is 6.24. The topological polar surface area (TPSA) is 26.1 Å². The fourth-order valence-electron chi connectivity index (χ4n) is 11.4. The molecule has 1 atom stereocenters. The molecular weight excluding hydrogens is 757 g/mol. The predicted octanol–water partition coefficient (Wildman–Crippen LogP) is 13.2. The van der Waals surface area contributed by atoms with E-state index in [2.05, 4.69) is 200 Å². The highest BCUT2D eigenvalue weighted by Crippen LogP contribution is 2.60. The molecule has 4 nitrogen and oxygen atoms in total. The van der Waals surface area contributed by atoms with E-state index in [-0.39, 0.29) is 5.41 Å². The quantitative estimate of drug-likeness (QED) is 0.162. The van der Waals surface area contributed by atoms with Gasteiger partial charge in [0.1, 0.15) is 5.75 Å². The van der Waals surface area contributed by atoms with Gasteiger partial charge in [-0.3, -0.25) is 0 Å². The van der Waals surface area contributed by atoms with Crippen molar-refractivity contribution in [2.45, 2.75) is 30.3 Å². The summed E-state index contributed by atoms with van der Waals surface area (Å²) in [5.74, 6) is 0.881. The zero-order valence-electron chi connectivity index (χ0n) is 34.9. The summed E-state index contributed by atoms with van der Waals surface area (Å²) in [6, 6.07) is 62.0. The first-order chi connectivity index (χ1) is 30.4. The number of nitrogens with zero attached hydrogens (tertiary/aromatic N) is 2. The van der Waals surface area contributed by atoms with Gasteiger partial charge in [-0.2, -0.15) is 0 Å². The van der Waals surface area contributed by atoms with E-state index in [0.717, 1.165) is 59.5 Å². The third-order valence-corrected chi connectivity index (χ3v) is 14.2. The van der Waals surface area contributed by atoms with Crippen molar-refractivity contribution in [3.05, 3.63) is 237 Å². The van der Waals surface area contributed by atoms with Gasteiger partial charge in [0, 0.05) is 46.3 Å². The first-order valence-electron chi connectivity index (χ1n) is 21.7. The summed E-state index contributed by atoms with van der Waals surface area (Å²) in [7, 11) is 0. The molecule has 0 aromatic heterocycles. The van der Waals surface area contributed by atoms with Gasteiger partial charge in [0.15, 0.2) is 11.3 Å². The molecule has 8 aromatic rings. The van der Waals surface area contributed by atoms with Crippen LogP contribution in [0.25, 0.3) is 43.9 Å². The molecule has 0 bridgehead atoms. The number of fused-ring (bicyclic) bond motifs is 11. The van der Waals surface area contributed by atoms with Gasteiger partial charge in [0.05, 0.1) is 25.2 Å². The second-order valence-electron chi connectivity index (χ2n) is 17.6. The summed E-state index contributed by atoms with van der Waals surface area (Å²) in [5.41, 5.74) is 15.5. The van der Waals surface area contributed by atoms with E-state index in [4.69, 9.17) is 16.0 Å². The Morgan fingerprint density at radius 1 is 0.565 bits per heavy atom. The van der Waals surface area contributed by atoms with Gasteiger partial charge in [0.25, 0.3) is 0 Å². The van der Waals surface area contributed by atoms with E-state index in [1.54, 1.807) is 0 Å². The highest BCUT2D eigenvalue weighted by molar-refractivity contribution is 6.08. The van der Waals surface area contributed by atoms with E-state index < -0.39 is 11.0 Å². The predicted molar refractivity (Wildman–Crippen MR) is 251 cm³/mol.